The molecule has 7 heteroatoms. The fourth-order valence-electron chi connectivity index (χ4n) is 1.43. The summed E-state index contributed by atoms with van der Waals surface area (Å²) in [6, 6.07) is 7.93. The highest BCUT2D eigenvalue weighted by molar-refractivity contribution is 9.10. The van der Waals surface area contributed by atoms with Crippen LogP contribution in [0.4, 0.5) is 5.69 Å². The number of ether oxygens (including phenoxy) is 1. The van der Waals surface area contributed by atoms with Gasteiger partial charge in [0.25, 0.3) is 5.69 Å². The number of nitrogens with zero attached hydrogens (tertiary/aromatic N) is 2. The summed E-state index contributed by atoms with van der Waals surface area (Å²) in [6.07, 6.45) is 1.57. The smallest absolute Gasteiger partial charge is 0.287 e. The molecule has 1 heterocycles. The molecule has 0 aliphatic heterocycles. The van der Waals surface area contributed by atoms with Gasteiger partial charge in [0.05, 0.1) is 10.6 Å². The van der Waals surface area contributed by atoms with Gasteiger partial charge in [-0.3, -0.25) is 15.1 Å². The molecule has 0 radical (unpaired) electrons. The van der Waals surface area contributed by atoms with Gasteiger partial charge in [-0.1, -0.05) is 17.7 Å². The van der Waals surface area contributed by atoms with Gasteiger partial charge in [-0.2, -0.15) is 0 Å². The second kappa shape index (κ2) is 5.99. The summed E-state index contributed by atoms with van der Waals surface area (Å²) in [7, 11) is 0. The van der Waals surface area contributed by atoms with Crippen LogP contribution in [0.1, 0.15) is 5.69 Å². The minimum Gasteiger partial charge on any atom is -0.486 e. The van der Waals surface area contributed by atoms with E-state index in [2.05, 4.69) is 20.9 Å². The van der Waals surface area contributed by atoms with E-state index in [0.29, 0.717) is 20.9 Å². The Morgan fingerprint density at radius 3 is 2.89 bits per heavy atom. The number of hydrogen-bond donors (Lipinski definition) is 0. The molecule has 0 N–H and O–H groups in total. The predicted molar refractivity (Wildman–Crippen MR) is 74.4 cm³/mol. The van der Waals surface area contributed by atoms with Crippen molar-refractivity contribution in [2.75, 3.05) is 0 Å². The Hall–Kier alpha value is -1.66. The zero-order chi connectivity index (χ0) is 13.8. The fourth-order valence-corrected chi connectivity index (χ4v) is 2.14. The number of rotatable bonds is 4. The largest absolute Gasteiger partial charge is 0.486 e. The SMILES string of the molecule is O=[N+]([O-])c1cccc(OCc2cc(Cl)ccn2)c1Br. The molecule has 0 saturated carbocycles. The molecule has 0 amide bonds. The third-order valence-corrected chi connectivity index (χ3v) is 3.33. The van der Waals surface area contributed by atoms with Crippen LogP contribution in [-0.4, -0.2) is 9.91 Å². The molecule has 1 aromatic heterocycles. The molecule has 2 rings (SSSR count). The summed E-state index contributed by atoms with van der Waals surface area (Å²) in [5.74, 6) is 0.385. The van der Waals surface area contributed by atoms with E-state index in [0.717, 1.165) is 0 Å². The Kier molecular flexibility index (Phi) is 4.34. The van der Waals surface area contributed by atoms with E-state index in [1.807, 2.05) is 0 Å². The van der Waals surface area contributed by atoms with E-state index in [9.17, 15) is 10.1 Å². The van der Waals surface area contributed by atoms with Crippen molar-refractivity contribution >= 4 is 33.2 Å². The number of hydrogen-bond acceptors (Lipinski definition) is 4. The van der Waals surface area contributed by atoms with E-state index in [4.69, 9.17) is 16.3 Å². The van der Waals surface area contributed by atoms with Crippen LogP contribution in [0.15, 0.2) is 41.0 Å². The Labute approximate surface area is 122 Å². The average molecular weight is 344 g/mol. The Morgan fingerprint density at radius 1 is 1.42 bits per heavy atom. The molecule has 0 spiro atoms. The molecule has 19 heavy (non-hydrogen) atoms. The van der Waals surface area contributed by atoms with Crippen LogP contribution in [0.25, 0.3) is 0 Å². The lowest BCUT2D eigenvalue weighted by Crippen LogP contribution is -1.99. The van der Waals surface area contributed by atoms with Gasteiger partial charge >= 0.3 is 0 Å². The minimum atomic E-state index is -0.478. The van der Waals surface area contributed by atoms with Crippen molar-refractivity contribution in [2.45, 2.75) is 6.61 Å². The lowest BCUT2D eigenvalue weighted by Gasteiger charge is -2.07. The monoisotopic (exact) mass is 342 g/mol. The summed E-state index contributed by atoms with van der Waals surface area (Å²) < 4.78 is 5.80. The third-order valence-electron chi connectivity index (χ3n) is 2.29. The van der Waals surface area contributed by atoms with Gasteiger partial charge in [0.2, 0.25) is 0 Å². The second-order valence-electron chi connectivity index (χ2n) is 3.60. The average Bonchev–Trinajstić information content (AvgIpc) is 2.37. The van der Waals surface area contributed by atoms with Gasteiger partial charge in [0, 0.05) is 17.3 Å². The topological polar surface area (TPSA) is 65.3 Å². The van der Waals surface area contributed by atoms with Crippen molar-refractivity contribution in [2.24, 2.45) is 0 Å². The number of benzene rings is 1. The van der Waals surface area contributed by atoms with Crippen LogP contribution in [0.3, 0.4) is 0 Å². The molecule has 0 aliphatic carbocycles. The van der Waals surface area contributed by atoms with Gasteiger partial charge < -0.3 is 4.74 Å². The summed E-state index contributed by atoms with van der Waals surface area (Å²) in [4.78, 5) is 14.4. The molecule has 1 aromatic carbocycles. The molecule has 0 atom stereocenters. The molecule has 0 saturated heterocycles. The summed E-state index contributed by atoms with van der Waals surface area (Å²) in [5.41, 5.74) is 0.599. The maximum absolute atomic E-state index is 10.8. The van der Waals surface area contributed by atoms with Crippen LogP contribution in [0, 0.1) is 10.1 Å². The van der Waals surface area contributed by atoms with Gasteiger partial charge in [-0.15, -0.1) is 0 Å². The number of pyridine rings is 1. The lowest BCUT2D eigenvalue weighted by atomic mass is 10.3. The fraction of sp³-hybridized carbons (Fsp3) is 0.0833. The second-order valence-corrected chi connectivity index (χ2v) is 4.83. The Balaban J connectivity index is 2.16. The quantitative estimate of drug-likeness (QED) is 0.622. The Bertz CT molecular complexity index is 622. The predicted octanol–water partition coefficient (Wildman–Crippen LogP) is 3.98. The first-order chi connectivity index (χ1) is 9.08. The zero-order valence-electron chi connectivity index (χ0n) is 9.55. The maximum Gasteiger partial charge on any atom is 0.287 e. The van der Waals surface area contributed by atoms with E-state index >= 15 is 0 Å². The van der Waals surface area contributed by atoms with Crippen molar-refractivity contribution < 1.29 is 9.66 Å². The maximum atomic E-state index is 10.8. The van der Waals surface area contributed by atoms with Crippen LogP contribution < -0.4 is 4.74 Å². The van der Waals surface area contributed by atoms with Crippen molar-refractivity contribution in [3.8, 4) is 5.75 Å². The first kappa shape index (κ1) is 13.8. The highest BCUT2D eigenvalue weighted by Gasteiger charge is 2.15. The lowest BCUT2D eigenvalue weighted by molar-refractivity contribution is -0.385. The molecule has 0 bridgehead atoms. The van der Waals surface area contributed by atoms with Crippen molar-refractivity contribution in [3.05, 3.63) is 61.8 Å². The summed E-state index contributed by atoms with van der Waals surface area (Å²) in [6.45, 7) is 0.181. The van der Waals surface area contributed by atoms with Gasteiger partial charge in [0.1, 0.15) is 16.8 Å². The zero-order valence-corrected chi connectivity index (χ0v) is 11.9. The first-order valence-corrected chi connectivity index (χ1v) is 6.41. The van der Waals surface area contributed by atoms with Crippen LogP contribution >= 0.6 is 27.5 Å². The third kappa shape index (κ3) is 3.42. The van der Waals surface area contributed by atoms with Gasteiger partial charge in [-0.25, -0.2) is 0 Å². The molecule has 0 fully saturated rings. The minimum absolute atomic E-state index is 0.0449. The molecule has 0 unspecified atom stereocenters. The Morgan fingerprint density at radius 2 is 2.21 bits per heavy atom. The summed E-state index contributed by atoms with van der Waals surface area (Å²) >= 11 is 8.99. The summed E-state index contributed by atoms with van der Waals surface area (Å²) in [5, 5.41) is 11.3. The van der Waals surface area contributed by atoms with Crippen molar-refractivity contribution in [1.29, 1.82) is 0 Å². The van der Waals surface area contributed by atoms with Gasteiger partial charge in [0.15, 0.2) is 0 Å². The number of aromatic nitrogens is 1. The van der Waals surface area contributed by atoms with E-state index < -0.39 is 4.92 Å². The highest BCUT2D eigenvalue weighted by Crippen LogP contribution is 2.34. The van der Waals surface area contributed by atoms with E-state index in [1.54, 1.807) is 30.5 Å². The van der Waals surface area contributed by atoms with E-state index in [-0.39, 0.29) is 12.3 Å². The molecular formula is C12H8BrClN2O3. The van der Waals surface area contributed by atoms with Crippen LogP contribution in [0.5, 0.6) is 5.75 Å². The molecule has 2 aromatic rings. The molecule has 98 valence electrons. The van der Waals surface area contributed by atoms with Crippen molar-refractivity contribution in [1.82, 2.24) is 4.98 Å². The van der Waals surface area contributed by atoms with Crippen LogP contribution in [-0.2, 0) is 6.61 Å². The molecule has 0 aliphatic rings. The van der Waals surface area contributed by atoms with Crippen molar-refractivity contribution in [3.63, 3.8) is 0 Å². The normalized spacial score (nSPS) is 10.2. The van der Waals surface area contributed by atoms with E-state index in [1.165, 1.54) is 6.07 Å². The molecular weight excluding hydrogens is 336 g/mol. The van der Waals surface area contributed by atoms with Gasteiger partial charge in [-0.05, 0) is 34.1 Å². The number of halogens is 2. The number of nitro benzene ring substituents is 1. The van der Waals surface area contributed by atoms with Crippen LogP contribution in [0.2, 0.25) is 5.02 Å². The standard InChI is InChI=1S/C12H8BrClN2O3/c13-12-10(16(17)18)2-1-3-11(12)19-7-9-6-8(14)4-5-15-9/h1-6H,7H2. The first-order valence-electron chi connectivity index (χ1n) is 5.24. The number of nitro groups is 1. The molecule has 5 nitrogen and oxygen atoms in total. The highest BCUT2D eigenvalue weighted by atomic mass is 79.9.